The summed E-state index contributed by atoms with van der Waals surface area (Å²) < 4.78 is 27.0. The van der Waals surface area contributed by atoms with E-state index in [0.29, 0.717) is 24.9 Å². The number of carbonyl (C=O) groups excluding carboxylic acids is 1. The molecule has 4 aliphatic rings. The highest BCUT2D eigenvalue weighted by atomic mass is 19.1. The van der Waals surface area contributed by atoms with E-state index >= 15 is 4.39 Å². The minimum absolute atomic E-state index is 0.00737. The third-order valence-electron chi connectivity index (χ3n) is 12.0. The van der Waals surface area contributed by atoms with Crippen LogP contribution in [0.5, 0.6) is 5.75 Å². The van der Waals surface area contributed by atoms with Gasteiger partial charge in [0.25, 0.3) is 0 Å². The number of ketones is 1. The first kappa shape index (κ1) is 31.4. The van der Waals surface area contributed by atoms with E-state index in [-0.39, 0.29) is 41.9 Å². The lowest BCUT2D eigenvalue weighted by Crippen LogP contribution is -2.64. The normalized spacial score (nSPS) is 38.4. The summed E-state index contributed by atoms with van der Waals surface area (Å²) in [6.45, 7) is 11.7. The number of rotatable bonds is 9. The molecule has 3 saturated carbocycles. The quantitative estimate of drug-likeness (QED) is 0.255. The molecule has 0 saturated heterocycles. The molecule has 0 spiro atoms. The molecular formula is C32H47BFNO7. The number of aliphatic hydroxyl groups is 1. The van der Waals surface area contributed by atoms with Crippen LogP contribution in [0.15, 0.2) is 12.1 Å². The number of hydrogen-bond acceptors (Lipinski definition) is 7. The maximum atomic E-state index is 15.7. The van der Waals surface area contributed by atoms with Gasteiger partial charge in [-0.15, -0.1) is 0 Å². The fraction of sp³-hybridized carbons (Fsp3) is 0.750. The van der Waals surface area contributed by atoms with E-state index in [1.807, 2.05) is 6.92 Å². The van der Waals surface area contributed by atoms with Crippen LogP contribution < -0.4 is 15.5 Å². The number of Topliss-reactive ketones (excluding diaryl/α,β-unsaturated/α-hetero) is 1. The number of unbranched alkanes of at least 4 members (excludes halogenated alkanes) is 1. The van der Waals surface area contributed by atoms with E-state index in [0.717, 1.165) is 32.2 Å². The van der Waals surface area contributed by atoms with Gasteiger partial charge in [-0.1, -0.05) is 47.1 Å². The summed E-state index contributed by atoms with van der Waals surface area (Å²) in [5, 5.41) is 36.6. The van der Waals surface area contributed by atoms with Crippen molar-refractivity contribution < 1.29 is 38.6 Å². The topological polar surface area (TPSA) is 125 Å². The van der Waals surface area contributed by atoms with E-state index < -0.39 is 59.2 Å². The fourth-order valence-electron chi connectivity index (χ4n) is 9.42. The Morgan fingerprint density at radius 2 is 2.02 bits per heavy atom. The fourth-order valence-corrected chi connectivity index (χ4v) is 9.42. The molecule has 1 heterocycles. The molecule has 10 heteroatoms. The first-order chi connectivity index (χ1) is 19.8. The van der Waals surface area contributed by atoms with Crippen molar-refractivity contribution in [3.05, 3.63) is 23.5 Å². The van der Waals surface area contributed by atoms with Crippen molar-refractivity contribution in [2.45, 2.75) is 98.4 Å². The minimum atomic E-state index is -1.48. The Balaban J connectivity index is 1.63. The molecule has 3 fully saturated rings. The van der Waals surface area contributed by atoms with Crippen LogP contribution in [0.2, 0.25) is 0 Å². The Bertz CT molecular complexity index is 1220. The Morgan fingerprint density at radius 1 is 1.29 bits per heavy atom. The number of halogens is 1. The second-order valence-corrected chi connectivity index (χ2v) is 14.2. The summed E-state index contributed by atoms with van der Waals surface area (Å²) in [5.41, 5.74) is -1.47. The number of aliphatic carboxylic acids is 1. The number of fused-ring (bicyclic) bond motifs is 1. The van der Waals surface area contributed by atoms with Crippen molar-refractivity contribution >= 4 is 24.3 Å². The summed E-state index contributed by atoms with van der Waals surface area (Å²) in [7, 11) is -1.45. The number of carboxylic acid groups (broad SMARTS) is 1. The smallest absolute Gasteiger partial charge is 0.478 e. The van der Waals surface area contributed by atoms with Crippen LogP contribution in [0.25, 0.3) is 0 Å². The van der Waals surface area contributed by atoms with Gasteiger partial charge >= 0.3 is 13.1 Å². The second kappa shape index (κ2) is 11.5. The van der Waals surface area contributed by atoms with Gasteiger partial charge in [0.1, 0.15) is 5.78 Å². The highest BCUT2D eigenvalue weighted by Gasteiger charge is 2.69. The third kappa shape index (κ3) is 4.81. The average molecular weight is 588 g/mol. The summed E-state index contributed by atoms with van der Waals surface area (Å²) in [6.07, 6.45) is 2.74. The molecule has 1 aromatic carbocycles. The van der Waals surface area contributed by atoms with E-state index in [4.69, 9.17) is 9.39 Å². The molecule has 0 aromatic heterocycles. The van der Waals surface area contributed by atoms with Crippen LogP contribution in [0.3, 0.4) is 0 Å². The SMILES string of the molecule is CCCCNC[C@]1(C)C[C@@H](C(Oc2ccc3c(c2F)B(O)OC3)C(=O)O)[C@@]2(C)[C@H](C)CC[C@]3(CCC(=O)[C@H]32)[C@@H](C)[C@@H]1O. The molecule has 1 aliphatic heterocycles. The van der Waals surface area contributed by atoms with E-state index in [9.17, 15) is 24.8 Å². The summed E-state index contributed by atoms with van der Waals surface area (Å²) in [6, 6.07) is 2.99. The van der Waals surface area contributed by atoms with Crippen molar-refractivity contribution in [3.8, 4) is 5.75 Å². The number of benzene rings is 1. The number of carboxylic acids is 1. The van der Waals surface area contributed by atoms with Crippen molar-refractivity contribution in [1.29, 1.82) is 0 Å². The molecule has 0 amide bonds. The molecule has 1 aromatic rings. The van der Waals surface area contributed by atoms with Crippen molar-refractivity contribution in [1.82, 2.24) is 5.32 Å². The van der Waals surface area contributed by atoms with Crippen LogP contribution in [-0.4, -0.2) is 59.4 Å². The molecule has 1 unspecified atom stereocenters. The number of carbonyl (C=O) groups is 2. The van der Waals surface area contributed by atoms with Gasteiger partial charge in [0, 0.05) is 35.7 Å². The van der Waals surface area contributed by atoms with Crippen LogP contribution >= 0.6 is 0 Å². The minimum Gasteiger partial charge on any atom is -0.478 e. The number of aliphatic hydroxyl groups excluding tert-OH is 1. The molecular weight excluding hydrogens is 540 g/mol. The van der Waals surface area contributed by atoms with Crippen LogP contribution in [-0.2, 0) is 20.9 Å². The average Bonchev–Trinajstić information content (AvgIpc) is 3.51. The van der Waals surface area contributed by atoms with E-state index in [1.54, 1.807) is 6.07 Å². The zero-order valence-electron chi connectivity index (χ0n) is 25.6. The second-order valence-electron chi connectivity index (χ2n) is 14.2. The Kier molecular flexibility index (Phi) is 8.60. The lowest BCUT2D eigenvalue weighted by Gasteiger charge is -2.63. The molecule has 232 valence electrons. The summed E-state index contributed by atoms with van der Waals surface area (Å²) in [4.78, 5) is 27.0. The first-order valence-electron chi connectivity index (χ1n) is 15.7. The van der Waals surface area contributed by atoms with Gasteiger partial charge in [-0.3, -0.25) is 4.79 Å². The predicted octanol–water partition coefficient (Wildman–Crippen LogP) is 3.69. The molecule has 0 radical (unpaired) electrons. The van der Waals surface area contributed by atoms with Crippen LogP contribution in [0, 0.1) is 45.7 Å². The number of nitrogens with one attached hydrogen (secondary N) is 1. The Morgan fingerprint density at radius 3 is 2.71 bits per heavy atom. The van der Waals surface area contributed by atoms with Crippen molar-refractivity contribution in [3.63, 3.8) is 0 Å². The molecule has 5 rings (SSSR count). The summed E-state index contributed by atoms with van der Waals surface area (Å²) >= 11 is 0. The van der Waals surface area contributed by atoms with Gasteiger partial charge in [-0.05, 0) is 72.9 Å². The Labute approximate surface area is 248 Å². The molecule has 9 atom stereocenters. The largest absolute Gasteiger partial charge is 0.494 e. The zero-order valence-corrected chi connectivity index (χ0v) is 25.6. The highest BCUT2D eigenvalue weighted by molar-refractivity contribution is 6.61. The zero-order chi connectivity index (χ0) is 30.6. The predicted molar refractivity (Wildman–Crippen MR) is 157 cm³/mol. The van der Waals surface area contributed by atoms with Gasteiger partial charge in [0.15, 0.2) is 17.7 Å². The van der Waals surface area contributed by atoms with Gasteiger partial charge in [0.05, 0.1) is 12.7 Å². The van der Waals surface area contributed by atoms with Gasteiger partial charge in [-0.2, -0.15) is 0 Å². The summed E-state index contributed by atoms with van der Waals surface area (Å²) in [5.74, 6) is -3.48. The van der Waals surface area contributed by atoms with Gasteiger partial charge in [0.2, 0.25) is 0 Å². The highest BCUT2D eigenvalue weighted by Crippen LogP contribution is 2.69. The van der Waals surface area contributed by atoms with Crippen LogP contribution in [0.1, 0.15) is 85.1 Å². The van der Waals surface area contributed by atoms with Crippen molar-refractivity contribution in [2.24, 2.45) is 39.9 Å². The number of hydrogen-bond donors (Lipinski definition) is 4. The molecule has 42 heavy (non-hydrogen) atoms. The van der Waals surface area contributed by atoms with E-state index in [2.05, 4.69) is 33.0 Å². The van der Waals surface area contributed by atoms with Gasteiger partial charge in [-0.25, -0.2) is 9.18 Å². The monoisotopic (exact) mass is 587 g/mol. The van der Waals surface area contributed by atoms with E-state index in [1.165, 1.54) is 6.07 Å². The first-order valence-corrected chi connectivity index (χ1v) is 15.7. The number of ether oxygens (including phenoxy) is 1. The molecule has 8 nitrogen and oxygen atoms in total. The molecule has 4 N–H and O–H groups in total. The Hall–Kier alpha value is -2.01. The maximum Gasteiger partial charge on any atom is 0.494 e. The molecule has 3 aliphatic carbocycles. The molecule has 2 bridgehead atoms. The lowest BCUT2D eigenvalue weighted by molar-refractivity contribution is -0.198. The maximum absolute atomic E-state index is 15.7. The van der Waals surface area contributed by atoms with Crippen molar-refractivity contribution in [2.75, 3.05) is 13.1 Å². The lowest BCUT2D eigenvalue weighted by atomic mass is 9.41. The third-order valence-corrected chi connectivity index (χ3v) is 12.0. The van der Waals surface area contributed by atoms with Gasteiger partial charge < -0.3 is 29.9 Å². The van der Waals surface area contributed by atoms with Crippen LogP contribution in [0.4, 0.5) is 4.39 Å². The standard InChI is InChI=1S/C32H47BFNO7/c1-6-7-14-35-17-30(4)15-21(26(29(38)39)42-23-9-8-20-16-41-33(40)24(20)25(23)34)31(5)18(2)10-12-32(19(3)28(30)37)13-11-22(36)27(31)32/h8-9,18-19,21,26-28,35,37,40H,6-7,10-17H2,1-5H3,(H,38,39)/t18-,19+,21+,26?,27+,28+,30+,31-,32+/m1/s1.